The Bertz CT molecular complexity index is 790. The maximum Gasteiger partial charge on any atom is 0.409 e. The van der Waals surface area contributed by atoms with E-state index in [2.05, 4.69) is 16.8 Å². The van der Waals surface area contributed by atoms with Crippen molar-refractivity contribution in [1.82, 2.24) is 20.0 Å². The number of aromatic amines is 1. The number of methoxy groups -OCH3 is 1. The van der Waals surface area contributed by atoms with Crippen molar-refractivity contribution in [3.05, 3.63) is 35.1 Å². The molecule has 0 aliphatic carbocycles. The third kappa shape index (κ3) is 5.20. The van der Waals surface area contributed by atoms with Crippen molar-refractivity contribution in [1.29, 1.82) is 0 Å². The lowest BCUT2D eigenvalue weighted by molar-refractivity contribution is -0.135. The number of carbonyl (C=O) groups is 2. The molecule has 1 unspecified atom stereocenters. The molecular weight excluding hydrogens is 386 g/mol. The van der Waals surface area contributed by atoms with Crippen LogP contribution >= 0.6 is 0 Å². The number of hydrogen-bond acceptors (Lipinski definition) is 6. The molecular formula is C21H31N5O4. The minimum atomic E-state index is -0.338. The van der Waals surface area contributed by atoms with Crippen molar-refractivity contribution < 1.29 is 14.3 Å². The van der Waals surface area contributed by atoms with Crippen LogP contribution in [0, 0.1) is 5.92 Å². The molecule has 2 atom stereocenters. The number of allylic oxidation sites excluding steroid dienone is 1. The number of nitrogens with one attached hydrogen (secondary N) is 1. The van der Waals surface area contributed by atoms with Crippen LogP contribution in [0.2, 0.25) is 0 Å². The minimum Gasteiger partial charge on any atom is -0.453 e. The molecule has 1 aromatic rings. The number of hydrogen-bond donors (Lipinski definition) is 1. The Morgan fingerprint density at radius 3 is 2.80 bits per heavy atom. The zero-order valence-electron chi connectivity index (χ0n) is 17.6. The summed E-state index contributed by atoms with van der Waals surface area (Å²) >= 11 is 0. The molecule has 0 saturated carbocycles. The number of nitrogens with zero attached hydrogens (tertiary/aromatic N) is 4. The van der Waals surface area contributed by atoms with E-state index in [-0.39, 0.29) is 29.5 Å². The maximum absolute atomic E-state index is 13.2. The molecule has 2 amide bonds. The van der Waals surface area contributed by atoms with Crippen LogP contribution in [0.25, 0.3) is 0 Å². The first kappa shape index (κ1) is 21.9. The van der Waals surface area contributed by atoms with Gasteiger partial charge in [-0.05, 0) is 38.2 Å². The molecule has 3 rings (SSSR count). The van der Waals surface area contributed by atoms with E-state index < -0.39 is 0 Å². The largest absolute Gasteiger partial charge is 0.453 e. The fourth-order valence-electron chi connectivity index (χ4n) is 4.33. The second kappa shape index (κ2) is 10.3. The van der Waals surface area contributed by atoms with E-state index in [0.717, 1.165) is 38.6 Å². The number of amides is 2. The molecule has 1 N–H and O–H groups in total. The topological polar surface area (TPSA) is 98.8 Å². The highest BCUT2D eigenvalue weighted by Gasteiger charge is 2.34. The number of H-pyrrole nitrogens is 1. The molecule has 164 valence electrons. The fraction of sp³-hybridized carbons (Fsp3) is 0.619. The quantitative estimate of drug-likeness (QED) is 0.731. The van der Waals surface area contributed by atoms with Gasteiger partial charge in [-0.15, -0.1) is 6.58 Å². The summed E-state index contributed by atoms with van der Waals surface area (Å²) in [6.45, 7) is 6.76. The third-order valence-corrected chi connectivity index (χ3v) is 5.97. The summed E-state index contributed by atoms with van der Waals surface area (Å²) < 4.78 is 4.98. The lowest BCUT2D eigenvalue weighted by atomic mass is 10.0. The van der Waals surface area contributed by atoms with Gasteiger partial charge in [0.15, 0.2) is 0 Å². The summed E-state index contributed by atoms with van der Waals surface area (Å²) in [5, 5.41) is 6.50. The molecule has 9 nitrogen and oxygen atoms in total. The monoisotopic (exact) mass is 417 g/mol. The average Bonchev–Trinajstić information content (AvgIpc) is 3.23. The maximum atomic E-state index is 13.2. The second-order valence-electron chi connectivity index (χ2n) is 7.86. The highest BCUT2D eigenvalue weighted by Crippen LogP contribution is 2.24. The third-order valence-electron chi connectivity index (χ3n) is 5.97. The Labute approximate surface area is 176 Å². The molecule has 30 heavy (non-hydrogen) atoms. The predicted octanol–water partition coefficient (Wildman–Crippen LogP) is 1.62. The van der Waals surface area contributed by atoms with E-state index in [0.29, 0.717) is 32.0 Å². The van der Waals surface area contributed by atoms with E-state index in [1.165, 1.54) is 13.2 Å². The molecule has 0 bridgehead atoms. The van der Waals surface area contributed by atoms with Crippen molar-refractivity contribution in [3.8, 4) is 0 Å². The first-order valence-electron chi connectivity index (χ1n) is 10.6. The van der Waals surface area contributed by atoms with E-state index in [4.69, 9.17) is 4.74 Å². The molecule has 0 aromatic carbocycles. The number of ether oxygens (including phenoxy) is 1. The number of rotatable bonds is 5. The first-order valence-corrected chi connectivity index (χ1v) is 10.6. The van der Waals surface area contributed by atoms with Crippen LogP contribution in [0.5, 0.6) is 0 Å². The number of carbonyl (C=O) groups excluding carboxylic acids is 2. The Morgan fingerprint density at radius 1 is 1.27 bits per heavy atom. The number of anilines is 1. The standard InChI is InChI=1S/C21H31N5O4/c1-3-4-6-17-7-5-11-24(13-14-26(17)21(29)30-2)20(28)16-10-12-25(15-16)18-8-9-19(27)23-22-18/h3,8-9,16-17H,1,4-7,10-15H2,2H3,(H,23,27)/t16-,17?/m0/s1. The normalized spacial score (nSPS) is 22.4. The average molecular weight is 418 g/mol. The van der Waals surface area contributed by atoms with Crippen LogP contribution in [0.15, 0.2) is 29.6 Å². The van der Waals surface area contributed by atoms with Gasteiger partial charge in [-0.2, -0.15) is 5.10 Å². The van der Waals surface area contributed by atoms with Gasteiger partial charge in [0.1, 0.15) is 5.82 Å². The summed E-state index contributed by atoms with van der Waals surface area (Å²) in [6.07, 6.45) is 5.67. The van der Waals surface area contributed by atoms with Gasteiger partial charge >= 0.3 is 6.09 Å². The van der Waals surface area contributed by atoms with Crippen molar-refractivity contribution >= 4 is 17.8 Å². The first-order chi connectivity index (χ1) is 14.5. The van der Waals surface area contributed by atoms with Gasteiger partial charge in [0, 0.05) is 44.8 Å². The molecule has 2 saturated heterocycles. The summed E-state index contributed by atoms with van der Waals surface area (Å²) in [5.74, 6) is 0.692. The van der Waals surface area contributed by atoms with Crippen LogP contribution in [-0.2, 0) is 9.53 Å². The van der Waals surface area contributed by atoms with Gasteiger partial charge in [-0.3, -0.25) is 9.59 Å². The Balaban J connectivity index is 1.61. The molecule has 0 radical (unpaired) electrons. The van der Waals surface area contributed by atoms with Gasteiger partial charge < -0.3 is 19.4 Å². The Hall–Kier alpha value is -2.84. The van der Waals surface area contributed by atoms with Gasteiger partial charge in [-0.25, -0.2) is 9.89 Å². The van der Waals surface area contributed by atoms with E-state index in [1.54, 1.807) is 11.0 Å². The SMILES string of the molecule is C=CCCC1CCCN(C(=O)[C@H]2CCN(c3ccc(=O)[nH]n3)C2)CCN1C(=O)OC. The second-order valence-corrected chi connectivity index (χ2v) is 7.86. The van der Waals surface area contributed by atoms with Gasteiger partial charge in [-0.1, -0.05) is 6.08 Å². The van der Waals surface area contributed by atoms with Crippen LogP contribution in [0.4, 0.5) is 10.6 Å². The lowest BCUT2D eigenvalue weighted by Crippen LogP contribution is -2.49. The molecule has 1 aromatic heterocycles. The zero-order valence-corrected chi connectivity index (χ0v) is 17.6. The highest BCUT2D eigenvalue weighted by molar-refractivity contribution is 5.80. The predicted molar refractivity (Wildman–Crippen MR) is 113 cm³/mol. The van der Waals surface area contributed by atoms with Gasteiger partial charge in [0.25, 0.3) is 5.56 Å². The highest BCUT2D eigenvalue weighted by atomic mass is 16.5. The van der Waals surface area contributed by atoms with E-state index in [9.17, 15) is 14.4 Å². The van der Waals surface area contributed by atoms with Crippen LogP contribution in [-0.4, -0.2) is 77.9 Å². The smallest absolute Gasteiger partial charge is 0.409 e. The molecule has 0 spiro atoms. The van der Waals surface area contributed by atoms with Gasteiger partial charge in [0.2, 0.25) is 5.91 Å². The van der Waals surface area contributed by atoms with Crippen LogP contribution in [0.3, 0.4) is 0 Å². The molecule has 3 heterocycles. The lowest BCUT2D eigenvalue weighted by Gasteiger charge is -2.36. The molecule has 2 aliphatic rings. The summed E-state index contributed by atoms with van der Waals surface area (Å²) in [4.78, 5) is 42.3. The van der Waals surface area contributed by atoms with Crippen LogP contribution in [0.1, 0.15) is 32.1 Å². The fourth-order valence-corrected chi connectivity index (χ4v) is 4.33. The molecule has 2 fully saturated rings. The van der Waals surface area contributed by atoms with Gasteiger partial charge in [0.05, 0.1) is 13.0 Å². The number of aromatic nitrogens is 2. The summed E-state index contributed by atoms with van der Waals surface area (Å²) in [5.41, 5.74) is -0.243. The van der Waals surface area contributed by atoms with Crippen molar-refractivity contribution in [2.75, 3.05) is 44.7 Å². The van der Waals surface area contributed by atoms with Crippen LogP contribution < -0.4 is 10.5 Å². The molecule has 9 heteroatoms. The molecule has 2 aliphatic heterocycles. The van der Waals surface area contributed by atoms with E-state index in [1.807, 2.05) is 15.9 Å². The summed E-state index contributed by atoms with van der Waals surface area (Å²) in [7, 11) is 1.40. The van der Waals surface area contributed by atoms with E-state index >= 15 is 0 Å². The zero-order chi connectivity index (χ0) is 21.5. The minimum absolute atomic E-state index is 0.110. The van der Waals surface area contributed by atoms with Crippen molar-refractivity contribution in [3.63, 3.8) is 0 Å². The van der Waals surface area contributed by atoms with Crippen molar-refractivity contribution in [2.24, 2.45) is 5.92 Å². The Kier molecular flexibility index (Phi) is 7.48. The summed E-state index contributed by atoms with van der Waals surface area (Å²) in [6, 6.07) is 3.24. The Morgan fingerprint density at radius 2 is 2.10 bits per heavy atom. The van der Waals surface area contributed by atoms with Crippen molar-refractivity contribution in [2.45, 2.75) is 38.1 Å².